The van der Waals surface area contributed by atoms with E-state index in [1.165, 1.54) is 0 Å². The number of hydrogen-bond acceptors (Lipinski definition) is 3. The van der Waals surface area contributed by atoms with Crippen molar-refractivity contribution in [2.45, 2.75) is 26.4 Å². The van der Waals surface area contributed by atoms with Gasteiger partial charge < -0.3 is 9.47 Å². The topological polar surface area (TPSA) is 35.5 Å². The maximum Gasteiger partial charge on any atom is 0.306 e. The third-order valence-corrected chi connectivity index (χ3v) is 2.31. The molecule has 0 radical (unpaired) electrons. The highest BCUT2D eigenvalue weighted by molar-refractivity contribution is 5.69. The van der Waals surface area contributed by atoms with Crippen LogP contribution in [0.1, 0.15) is 25.3 Å². The summed E-state index contributed by atoms with van der Waals surface area (Å²) < 4.78 is 10.3. The van der Waals surface area contributed by atoms with E-state index in [1.807, 2.05) is 49.4 Å². The minimum atomic E-state index is -0.146. The number of rotatable bonds is 8. The molecule has 3 heteroatoms. The summed E-state index contributed by atoms with van der Waals surface area (Å²) in [5.74, 6) is -0.146. The quantitative estimate of drug-likeness (QED) is 0.403. The summed E-state index contributed by atoms with van der Waals surface area (Å²) in [6, 6.07) is 10.0. The summed E-state index contributed by atoms with van der Waals surface area (Å²) in [6.45, 7) is 3.44. The lowest BCUT2D eigenvalue weighted by Crippen LogP contribution is -2.02. The lowest BCUT2D eigenvalue weighted by atomic mass is 10.2. The van der Waals surface area contributed by atoms with Gasteiger partial charge in [-0.05, 0) is 18.9 Å². The summed E-state index contributed by atoms with van der Waals surface area (Å²) in [4.78, 5) is 11.0. The zero-order valence-corrected chi connectivity index (χ0v) is 10.8. The van der Waals surface area contributed by atoms with Crippen molar-refractivity contribution in [1.29, 1.82) is 0 Å². The smallest absolute Gasteiger partial charge is 0.306 e. The monoisotopic (exact) mass is 248 g/mol. The molecule has 0 atom stereocenters. The molecule has 0 saturated carbocycles. The summed E-state index contributed by atoms with van der Waals surface area (Å²) in [7, 11) is 0. The predicted molar refractivity (Wildman–Crippen MR) is 71.1 cm³/mol. The van der Waals surface area contributed by atoms with Crippen LogP contribution in [0.15, 0.2) is 42.5 Å². The van der Waals surface area contributed by atoms with Gasteiger partial charge in [-0.15, -0.1) is 0 Å². The fourth-order valence-electron chi connectivity index (χ4n) is 1.44. The SMILES string of the molecule is CCOC(=O)CC/C=C/COCc1ccccc1. The molecule has 0 N–H and O–H groups in total. The lowest BCUT2D eigenvalue weighted by molar-refractivity contribution is -0.143. The summed E-state index contributed by atoms with van der Waals surface area (Å²) >= 11 is 0. The van der Waals surface area contributed by atoms with E-state index in [1.54, 1.807) is 0 Å². The summed E-state index contributed by atoms with van der Waals surface area (Å²) in [5.41, 5.74) is 1.16. The van der Waals surface area contributed by atoms with Crippen molar-refractivity contribution in [3.05, 3.63) is 48.0 Å². The Hall–Kier alpha value is -1.61. The van der Waals surface area contributed by atoms with Gasteiger partial charge in [0.15, 0.2) is 0 Å². The largest absolute Gasteiger partial charge is 0.466 e. The van der Waals surface area contributed by atoms with Crippen LogP contribution in [-0.4, -0.2) is 19.2 Å². The molecule has 0 saturated heterocycles. The molecule has 18 heavy (non-hydrogen) atoms. The fraction of sp³-hybridized carbons (Fsp3) is 0.400. The van der Waals surface area contributed by atoms with Gasteiger partial charge in [-0.25, -0.2) is 0 Å². The van der Waals surface area contributed by atoms with Crippen LogP contribution in [-0.2, 0) is 20.9 Å². The van der Waals surface area contributed by atoms with E-state index in [0.29, 0.717) is 32.7 Å². The van der Waals surface area contributed by atoms with Crippen molar-refractivity contribution in [3.8, 4) is 0 Å². The molecule has 0 amide bonds. The Kier molecular flexibility index (Phi) is 7.57. The first-order chi connectivity index (χ1) is 8.83. The molecule has 0 aliphatic rings. The standard InChI is InChI=1S/C15H20O3/c1-2-18-15(16)11-7-4-8-12-17-13-14-9-5-3-6-10-14/h3-6,8-10H,2,7,11-13H2,1H3/b8-4+. The Morgan fingerprint density at radius 2 is 2.00 bits per heavy atom. The Balaban J connectivity index is 2.02. The molecule has 0 aliphatic carbocycles. The highest BCUT2D eigenvalue weighted by Crippen LogP contribution is 2.00. The minimum absolute atomic E-state index is 0.146. The first kappa shape index (κ1) is 14.5. The normalized spacial score (nSPS) is 10.7. The highest BCUT2D eigenvalue weighted by Gasteiger charge is 1.97. The van der Waals surface area contributed by atoms with Gasteiger partial charge in [0, 0.05) is 6.42 Å². The minimum Gasteiger partial charge on any atom is -0.466 e. The average Bonchev–Trinajstić information content (AvgIpc) is 2.39. The second-order valence-corrected chi connectivity index (χ2v) is 3.82. The summed E-state index contributed by atoms with van der Waals surface area (Å²) in [5, 5.41) is 0. The molecule has 98 valence electrons. The molecular formula is C15H20O3. The van der Waals surface area contributed by atoms with Crippen molar-refractivity contribution in [3.63, 3.8) is 0 Å². The molecule has 0 aliphatic heterocycles. The Morgan fingerprint density at radius 1 is 1.22 bits per heavy atom. The molecule has 0 aromatic heterocycles. The second kappa shape index (κ2) is 9.42. The van der Waals surface area contributed by atoms with Crippen molar-refractivity contribution >= 4 is 5.97 Å². The van der Waals surface area contributed by atoms with Gasteiger partial charge in [0.05, 0.1) is 19.8 Å². The number of carbonyl (C=O) groups is 1. The van der Waals surface area contributed by atoms with Crippen LogP contribution in [0.25, 0.3) is 0 Å². The first-order valence-corrected chi connectivity index (χ1v) is 6.25. The van der Waals surface area contributed by atoms with Crippen LogP contribution in [0.2, 0.25) is 0 Å². The van der Waals surface area contributed by atoms with Crippen LogP contribution in [0.4, 0.5) is 0 Å². The van der Waals surface area contributed by atoms with Gasteiger partial charge in [-0.2, -0.15) is 0 Å². The summed E-state index contributed by atoms with van der Waals surface area (Å²) in [6.07, 6.45) is 5.01. The van der Waals surface area contributed by atoms with Crippen LogP contribution in [0.5, 0.6) is 0 Å². The Bertz CT molecular complexity index is 357. The highest BCUT2D eigenvalue weighted by atomic mass is 16.5. The Labute approximate surface area is 108 Å². The van der Waals surface area contributed by atoms with Crippen molar-refractivity contribution < 1.29 is 14.3 Å². The molecule has 0 heterocycles. The van der Waals surface area contributed by atoms with Gasteiger partial charge in [-0.1, -0.05) is 42.5 Å². The zero-order chi connectivity index (χ0) is 13.1. The molecule has 1 aromatic carbocycles. The van der Waals surface area contributed by atoms with E-state index in [2.05, 4.69) is 0 Å². The predicted octanol–water partition coefficient (Wildman–Crippen LogP) is 3.10. The Morgan fingerprint density at radius 3 is 2.72 bits per heavy atom. The van der Waals surface area contributed by atoms with Gasteiger partial charge >= 0.3 is 5.97 Å². The number of hydrogen-bond donors (Lipinski definition) is 0. The number of benzene rings is 1. The van der Waals surface area contributed by atoms with E-state index in [0.717, 1.165) is 5.56 Å². The van der Waals surface area contributed by atoms with Gasteiger partial charge in [-0.3, -0.25) is 4.79 Å². The maximum atomic E-state index is 11.0. The molecule has 1 rings (SSSR count). The zero-order valence-electron chi connectivity index (χ0n) is 10.8. The van der Waals surface area contributed by atoms with Crippen molar-refractivity contribution in [2.75, 3.05) is 13.2 Å². The molecule has 0 spiro atoms. The van der Waals surface area contributed by atoms with Crippen LogP contribution >= 0.6 is 0 Å². The van der Waals surface area contributed by atoms with Crippen LogP contribution in [0, 0.1) is 0 Å². The van der Waals surface area contributed by atoms with E-state index in [9.17, 15) is 4.79 Å². The van der Waals surface area contributed by atoms with Crippen molar-refractivity contribution in [2.24, 2.45) is 0 Å². The van der Waals surface area contributed by atoms with Crippen LogP contribution < -0.4 is 0 Å². The molecule has 1 aromatic rings. The van der Waals surface area contributed by atoms with Gasteiger partial charge in [0.1, 0.15) is 0 Å². The van der Waals surface area contributed by atoms with Crippen LogP contribution in [0.3, 0.4) is 0 Å². The molecule has 0 unspecified atom stereocenters. The van der Waals surface area contributed by atoms with E-state index < -0.39 is 0 Å². The van der Waals surface area contributed by atoms with E-state index >= 15 is 0 Å². The third-order valence-electron chi connectivity index (χ3n) is 2.31. The first-order valence-electron chi connectivity index (χ1n) is 6.25. The third kappa shape index (κ3) is 6.86. The van der Waals surface area contributed by atoms with Gasteiger partial charge in [0.25, 0.3) is 0 Å². The number of esters is 1. The average molecular weight is 248 g/mol. The second-order valence-electron chi connectivity index (χ2n) is 3.82. The molecular weight excluding hydrogens is 228 g/mol. The number of carbonyl (C=O) groups excluding carboxylic acids is 1. The van der Waals surface area contributed by atoms with E-state index in [-0.39, 0.29) is 5.97 Å². The molecule has 0 bridgehead atoms. The van der Waals surface area contributed by atoms with Gasteiger partial charge in [0.2, 0.25) is 0 Å². The fourth-order valence-corrected chi connectivity index (χ4v) is 1.44. The number of ether oxygens (including phenoxy) is 2. The molecule has 0 fully saturated rings. The van der Waals surface area contributed by atoms with E-state index in [4.69, 9.17) is 9.47 Å². The lowest BCUT2D eigenvalue weighted by Gasteiger charge is -2.01. The number of allylic oxidation sites excluding steroid dienone is 1. The molecule has 3 nitrogen and oxygen atoms in total. The maximum absolute atomic E-state index is 11.0. The van der Waals surface area contributed by atoms with Crippen molar-refractivity contribution in [1.82, 2.24) is 0 Å².